The fourth-order valence-electron chi connectivity index (χ4n) is 4.90. The first-order valence-corrected chi connectivity index (χ1v) is 12.4. The molecular weight excluding hydrogens is 426 g/mol. The number of rotatable bonds is 6. The van der Waals surface area contributed by atoms with E-state index in [4.69, 9.17) is 14.7 Å². The molecule has 0 radical (unpaired) electrons. The molecule has 1 fully saturated rings. The molecule has 1 aliphatic carbocycles. The van der Waals surface area contributed by atoms with Crippen LogP contribution in [0, 0.1) is 0 Å². The largest absolute Gasteiger partial charge is 0.462 e. The van der Waals surface area contributed by atoms with Crippen LogP contribution >= 0.6 is 0 Å². The Morgan fingerprint density at radius 3 is 2.71 bits per heavy atom. The van der Waals surface area contributed by atoms with Gasteiger partial charge in [-0.15, -0.1) is 0 Å². The topological polar surface area (TPSA) is 80.2 Å². The molecule has 0 atom stereocenters. The van der Waals surface area contributed by atoms with Crippen molar-refractivity contribution in [1.82, 2.24) is 15.0 Å². The van der Waals surface area contributed by atoms with Crippen molar-refractivity contribution in [3.8, 4) is 11.3 Å². The van der Waals surface area contributed by atoms with Crippen LogP contribution in [-0.4, -0.2) is 40.1 Å². The predicted octanol–water partition coefficient (Wildman–Crippen LogP) is 5.54. The number of ether oxygens (including phenoxy) is 1. The van der Waals surface area contributed by atoms with Crippen molar-refractivity contribution in [3.63, 3.8) is 0 Å². The summed E-state index contributed by atoms with van der Waals surface area (Å²) in [5.74, 6) is 2.00. The molecule has 34 heavy (non-hydrogen) atoms. The number of pyridine rings is 1. The first-order valence-electron chi connectivity index (χ1n) is 12.4. The summed E-state index contributed by atoms with van der Waals surface area (Å²) in [5.41, 5.74) is 3.07. The minimum atomic E-state index is -0.338. The van der Waals surface area contributed by atoms with E-state index in [1.807, 2.05) is 55.6 Å². The van der Waals surface area contributed by atoms with E-state index >= 15 is 0 Å². The summed E-state index contributed by atoms with van der Waals surface area (Å²) in [6.45, 7) is 2.96. The van der Waals surface area contributed by atoms with E-state index < -0.39 is 0 Å². The highest BCUT2D eigenvalue weighted by Crippen LogP contribution is 2.35. The first kappa shape index (κ1) is 22.3. The molecule has 3 heterocycles. The fourth-order valence-corrected chi connectivity index (χ4v) is 4.90. The van der Waals surface area contributed by atoms with Gasteiger partial charge in [0, 0.05) is 24.3 Å². The van der Waals surface area contributed by atoms with Crippen LogP contribution in [0.4, 0.5) is 17.6 Å². The van der Waals surface area contributed by atoms with E-state index in [1.165, 1.54) is 32.1 Å². The van der Waals surface area contributed by atoms with Crippen LogP contribution in [0.2, 0.25) is 0 Å². The number of carbonyl (C=O) groups excluding carboxylic acids is 1. The molecule has 5 rings (SSSR count). The molecule has 0 saturated heterocycles. The van der Waals surface area contributed by atoms with Crippen molar-refractivity contribution >= 4 is 23.6 Å². The zero-order valence-corrected chi connectivity index (χ0v) is 19.7. The molecule has 3 aromatic rings. The number of benzene rings is 1. The standard InChI is InChI=1S/C27H31N5O2/c1-2-34-26(33)22-18-20-12-9-17-32(25(20)31-24(22)19-10-5-3-6-11-19)23-15-16-28-27(30-23)29-21-13-7-4-8-14-21/h3,5-6,10-11,15-16,18,21H,2,4,7-9,12-14,17H2,1H3,(H,28,29,30). The lowest BCUT2D eigenvalue weighted by Crippen LogP contribution is -2.28. The van der Waals surface area contributed by atoms with Crippen molar-refractivity contribution in [3.05, 3.63) is 59.8 Å². The minimum Gasteiger partial charge on any atom is -0.462 e. The second-order valence-electron chi connectivity index (χ2n) is 8.93. The van der Waals surface area contributed by atoms with Gasteiger partial charge >= 0.3 is 5.97 Å². The number of fused-ring (bicyclic) bond motifs is 1. The molecule has 2 aromatic heterocycles. The lowest BCUT2D eigenvalue weighted by molar-refractivity contribution is 0.0526. The predicted molar refractivity (Wildman–Crippen MR) is 133 cm³/mol. The SMILES string of the molecule is CCOC(=O)c1cc2c(nc1-c1ccccc1)N(c1ccnc(NC3CCCCC3)n1)CCC2. The number of esters is 1. The highest BCUT2D eigenvalue weighted by atomic mass is 16.5. The van der Waals surface area contributed by atoms with Crippen LogP contribution in [0.3, 0.4) is 0 Å². The van der Waals surface area contributed by atoms with Gasteiger partial charge in [0.2, 0.25) is 5.95 Å². The van der Waals surface area contributed by atoms with Crippen LogP contribution in [0.5, 0.6) is 0 Å². The molecule has 1 aliphatic heterocycles. The van der Waals surface area contributed by atoms with Gasteiger partial charge in [-0.05, 0) is 50.3 Å². The summed E-state index contributed by atoms with van der Waals surface area (Å²) < 4.78 is 5.36. The van der Waals surface area contributed by atoms with Crippen LogP contribution < -0.4 is 10.2 Å². The highest BCUT2D eigenvalue weighted by Gasteiger charge is 2.26. The smallest absolute Gasteiger partial charge is 0.340 e. The second kappa shape index (κ2) is 10.2. The third-order valence-electron chi connectivity index (χ3n) is 6.56. The van der Waals surface area contributed by atoms with Gasteiger partial charge < -0.3 is 15.0 Å². The third kappa shape index (κ3) is 4.74. The first-order chi connectivity index (χ1) is 16.7. The third-order valence-corrected chi connectivity index (χ3v) is 6.56. The summed E-state index contributed by atoms with van der Waals surface area (Å²) >= 11 is 0. The van der Waals surface area contributed by atoms with E-state index in [9.17, 15) is 4.79 Å². The van der Waals surface area contributed by atoms with E-state index in [0.29, 0.717) is 29.9 Å². The number of anilines is 3. The van der Waals surface area contributed by atoms with Gasteiger partial charge in [-0.2, -0.15) is 4.98 Å². The molecule has 176 valence electrons. The Bertz CT molecular complexity index is 1150. The van der Waals surface area contributed by atoms with Crippen LogP contribution in [0.1, 0.15) is 61.4 Å². The summed E-state index contributed by atoms with van der Waals surface area (Å²) in [6, 6.07) is 14.1. The molecule has 2 aliphatic rings. The molecule has 0 amide bonds. The van der Waals surface area contributed by atoms with Crippen LogP contribution in [0.25, 0.3) is 11.3 Å². The van der Waals surface area contributed by atoms with Crippen molar-refractivity contribution in [2.45, 2.75) is 57.9 Å². The normalized spacial score (nSPS) is 16.1. The Kier molecular flexibility index (Phi) is 6.70. The number of hydrogen-bond donors (Lipinski definition) is 1. The molecule has 1 saturated carbocycles. The van der Waals surface area contributed by atoms with E-state index in [-0.39, 0.29) is 5.97 Å². The summed E-state index contributed by atoms with van der Waals surface area (Å²) in [6.07, 6.45) is 9.78. The molecule has 0 bridgehead atoms. The monoisotopic (exact) mass is 457 g/mol. The molecule has 0 spiro atoms. The van der Waals surface area contributed by atoms with Gasteiger partial charge in [-0.25, -0.2) is 14.8 Å². The van der Waals surface area contributed by atoms with Gasteiger partial charge in [-0.1, -0.05) is 49.6 Å². The van der Waals surface area contributed by atoms with Gasteiger partial charge in [0.1, 0.15) is 11.6 Å². The number of carbonyl (C=O) groups is 1. The minimum absolute atomic E-state index is 0.327. The Labute approximate surface area is 200 Å². The Balaban J connectivity index is 1.52. The van der Waals surface area contributed by atoms with Crippen molar-refractivity contribution in [2.75, 3.05) is 23.4 Å². The van der Waals surface area contributed by atoms with Crippen molar-refractivity contribution in [1.29, 1.82) is 0 Å². The zero-order chi connectivity index (χ0) is 23.3. The number of aryl methyl sites for hydroxylation is 1. The summed E-state index contributed by atoms with van der Waals surface area (Å²) in [7, 11) is 0. The van der Waals surface area contributed by atoms with E-state index in [2.05, 4.69) is 15.2 Å². The second-order valence-corrected chi connectivity index (χ2v) is 8.93. The zero-order valence-electron chi connectivity index (χ0n) is 19.7. The Morgan fingerprint density at radius 2 is 1.91 bits per heavy atom. The molecule has 0 unspecified atom stereocenters. The summed E-state index contributed by atoms with van der Waals surface area (Å²) in [4.78, 5) is 29.3. The molecule has 1 N–H and O–H groups in total. The average molecular weight is 458 g/mol. The summed E-state index contributed by atoms with van der Waals surface area (Å²) in [5, 5.41) is 3.53. The van der Waals surface area contributed by atoms with Gasteiger partial charge in [0.15, 0.2) is 0 Å². The maximum absolute atomic E-state index is 12.8. The lowest BCUT2D eigenvalue weighted by atomic mass is 9.96. The number of aromatic nitrogens is 3. The number of nitrogens with one attached hydrogen (secondary N) is 1. The van der Waals surface area contributed by atoms with Crippen LogP contribution in [-0.2, 0) is 11.2 Å². The van der Waals surface area contributed by atoms with E-state index in [1.54, 1.807) is 0 Å². The quantitative estimate of drug-likeness (QED) is 0.487. The molecule has 1 aromatic carbocycles. The molecular formula is C27H31N5O2. The Hall–Kier alpha value is -3.48. The highest BCUT2D eigenvalue weighted by molar-refractivity contribution is 5.97. The van der Waals surface area contributed by atoms with Crippen molar-refractivity contribution < 1.29 is 9.53 Å². The fraction of sp³-hybridized carbons (Fsp3) is 0.407. The average Bonchev–Trinajstić information content (AvgIpc) is 2.89. The molecule has 7 heteroatoms. The van der Waals surface area contributed by atoms with Gasteiger partial charge in [0.05, 0.1) is 17.9 Å². The van der Waals surface area contributed by atoms with E-state index in [0.717, 1.165) is 42.1 Å². The number of hydrogen-bond acceptors (Lipinski definition) is 7. The maximum Gasteiger partial charge on any atom is 0.340 e. The van der Waals surface area contributed by atoms with Crippen molar-refractivity contribution in [2.24, 2.45) is 0 Å². The van der Waals surface area contributed by atoms with Crippen LogP contribution in [0.15, 0.2) is 48.7 Å². The van der Waals surface area contributed by atoms with Gasteiger partial charge in [0.25, 0.3) is 0 Å². The molecule has 7 nitrogen and oxygen atoms in total. The number of nitrogens with zero attached hydrogens (tertiary/aromatic N) is 4. The van der Waals surface area contributed by atoms with Gasteiger partial charge in [-0.3, -0.25) is 0 Å². The lowest BCUT2D eigenvalue weighted by Gasteiger charge is -2.30. The Morgan fingerprint density at radius 1 is 1.09 bits per heavy atom. The maximum atomic E-state index is 12.8.